The van der Waals surface area contributed by atoms with E-state index in [4.69, 9.17) is 22.1 Å². The summed E-state index contributed by atoms with van der Waals surface area (Å²) in [6.07, 6.45) is 3.38. The van der Waals surface area contributed by atoms with Crippen molar-refractivity contribution in [2.24, 2.45) is 7.05 Å². The average Bonchev–Trinajstić information content (AvgIpc) is 2.76. The van der Waals surface area contributed by atoms with Gasteiger partial charge in [0.2, 0.25) is 5.88 Å². The van der Waals surface area contributed by atoms with Crippen LogP contribution < -0.4 is 10.5 Å². The summed E-state index contributed by atoms with van der Waals surface area (Å²) in [6, 6.07) is 6.94. The van der Waals surface area contributed by atoms with Gasteiger partial charge in [0.25, 0.3) is 0 Å². The van der Waals surface area contributed by atoms with Crippen LogP contribution in [-0.4, -0.2) is 14.5 Å². The number of benzene rings is 1. The fraction of sp³-hybridized carbons (Fsp3) is 0.0769. The number of imidazole rings is 1. The molecule has 0 aliphatic carbocycles. The fourth-order valence-corrected chi connectivity index (χ4v) is 2.04. The Morgan fingerprint density at radius 2 is 2.11 bits per heavy atom. The molecule has 2 heterocycles. The molecule has 0 atom stereocenters. The van der Waals surface area contributed by atoms with Crippen molar-refractivity contribution in [1.82, 2.24) is 14.5 Å². The molecule has 19 heavy (non-hydrogen) atoms. The van der Waals surface area contributed by atoms with Gasteiger partial charge in [0.1, 0.15) is 5.75 Å². The average molecular weight is 275 g/mol. The predicted octanol–water partition coefficient (Wildman–Crippen LogP) is 3.00. The third kappa shape index (κ3) is 2.08. The molecule has 0 spiro atoms. The molecule has 0 radical (unpaired) electrons. The van der Waals surface area contributed by atoms with E-state index < -0.39 is 0 Å². The van der Waals surface area contributed by atoms with Crippen molar-refractivity contribution in [2.75, 3.05) is 5.73 Å². The Hall–Kier alpha value is -2.27. The third-order valence-electron chi connectivity index (χ3n) is 2.77. The van der Waals surface area contributed by atoms with Crippen LogP contribution in [0.2, 0.25) is 5.02 Å². The largest absolute Gasteiger partial charge is 0.435 e. The molecule has 0 amide bonds. The summed E-state index contributed by atoms with van der Waals surface area (Å²) in [5, 5.41) is 0.440. The maximum atomic E-state index is 6.08. The number of pyridine rings is 1. The topological polar surface area (TPSA) is 66.0 Å². The molecule has 0 bridgehead atoms. The van der Waals surface area contributed by atoms with Gasteiger partial charge in [0, 0.05) is 18.9 Å². The Bertz CT molecular complexity index is 753. The van der Waals surface area contributed by atoms with Gasteiger partial charge in [0.05, 0.1) is 16.9 Å². The van der Waals surface area contributed by atoms with Gasteiger partial charge in [-0.2, -0.15) is 0 Å². The minimum atomic E-state index is 0.421. The van der Waals surface area contributed by atoms with E-state index in [9.17, 15) is 0 Å². The SMILES string of the molecule is Cn1cnc2c(Oc3ccc(N)cc3Cl)nccc21. The molecule has 0 saturated heterocycles. The Morgan fingerprint density at radius 3 is 2.89 bits per heavy atom. The lowest BCUT2D eigenvalue weighted by molar-refractivity contribution is 0.468. The Balaban J connectivity index is 2.06. The van der Waals surface area contributed by atoms with E-state index in [2.05, 4.69) is 9.97 Å². The lowest BCUT2D eigenvalue weighted by Crippen LogP contribution is -1.92. The third-order valence-corrected chi connectivity index (χ3v) is 3.07. The maximum absolute atomic E-state index is 6.08. The monoisotopic (exact) mass is 274 g/mol. The number of nitrogens with zero attached hydrogens (tertiary/aromatic N) is 3. The number of aromatic nitrogens is 3. The molecule has 0 saturated carbocycles. The molecule has 0 aliphatic heterocycles. The highest BCUT2D eigenvalue weighted by atomic mass is 35.5. The number of hydrogen-bond acceptors (Lipinski definition) is 4. The second-order valence-corrected chi connectivity index (χ2v) is 4.54. The molecule has 2 N–H and O–H groups in total. The predicted molar refractivity (Wildman–Crippen MR) is 74.4 cm³/mol. The van der Waals surface area contributed by atoms with Crippen LogP contribution in [0.3, 0.4) is 0 Å². The van der Waals surface area contributed by atoms with Crippen LogP contribution in [0.4, 0.5) is 5.69 Å². The van der Waals surface area contributed by atoms with E-state index in [1.807, 2.05) is 17.7 Å². The zero-order chi connectivity index (χ0) is 13.4. The summed E-state index contributed by atoms with van der Waals surface area (Å²) in [5.74, 6) is 0.922. The Kier molecular flexibility index (Phi) is 2.76. The lowest BCUT2D eigenvalue weighted by Gasteiger charge is -2.07. The molecule has 96 valence electrons. The van der Waals surface area contributed by atoms with E-state index in [-0.39, 0.29) is 0 Å². The Morgan fingerprint density at radius 1 is 1.26 bits per heavy atom. The molecular formula is C13H11ClN4O. The Labute approximate surface area is 114 Å². The first-order valence-electron chi connectivity index (χ1n) is 5.64. The van der Waals surface area contributed by atoms with E-state index in [1.54, 1.807) is 30.7 Å². The molecule has 3 rings (SSSR count). The minimum Gasteiger partial charge on any atom is -0.435 e. The van der Waals surface area contributed by atoms with Crippen molar-refractivity contribution >= 4 is 28.3 Å². The number of rotatable bonds is 2. The molecule has 1 aromatic carbocycles. The molecular weight excluding hydrogens is 264 g/mol. The second-order valence-electron chi connectivity index (χ2n) is 4.13. The van der Waals surface area contributed by atoms with E-state index >= 15 is 0 Å². The van der Waals surface area contributed by atoms with Gasteiger partial charge in [-0.15, -0.1) is 0 Å². The lowest BCUT2D eigenvalue weighted by atomic mass is 10.3. The molecule has 2 aromatic heterocycles. The highest BCUT2D eigenvalue weighted by Crippen LogP contribution is 2.32. The number of hydrogen-bond donors (Lipinski definition) is 1. The first-order valence-corrected chi connectivity index (χ1v) is 6.02. The first kappa shape index (κ1) is 11.8. The summed E-state index contributed by atoms with van der Waals surface area (Å²) < 4.78 is 7.61. The van der Waals surface area contributed by atoms with Crippen LogP contribution >= 0.6 is 11.6 Å². The van der Waals surface area contributed by atoms with Crippen molar-refractivity contribution < 1.29 is 4.74 Å². The second kappa shape index (κ2) is 4.44. The summed E-state index contributed by atoms with van der Waals surface area (Å²) in [5.41, 5.74) is 7.86. The van der Waals surface area contributed by atoms with Gasteiger partial charge in [-0.05, 0) is 24.3 Å². The van der Waals surface area contributed by atoms with Crippen molar-refractivity contribution in [1.29, 1.82) is 0 Å². The van der Waals surface area contributed by atoms with Crippen LogP contribution in [0, 0.1) is 0 Å². The first-order chi connectivity index (χ1) is 9.15. The van der Waals surface area contributed by atoms with Crippen LogP contribution in [0.5, 0.6) is 11.6 Å². The van der Waals surface area contributed by atoms with Crippen molar-refractivity contribution in [2.45, 2.75) is 0 Å². The number of nitrogen functional groups attached to an aromatic ring is 1. The van der Waals surface area contributed by atoms with Gasteiger partial charge in [-0.1, -0.05) is 11.6 Å². The highest BCUT2D eigenvalue weighted by molar-refractivity contribution is 6.32. The maximum Gasteiger partial charge on any atom is 0.247 e. The summed E-state index contributed by atoms with van der Waals surface area (Å²) in [4.78, 5) is 8.46. The van der Waals surface area contributed by atoms with Crippen LogP contribution in [0.1, 0.15) is 0 Å². The van der Waals surface area contributed by atoms with Gasteiger partial charge < -0.3 is 15.0 Å². The van der Waals surface area contributed by atoms with Crippen molar-refractivity contribution in [3.63, 3.8) is 0 Å². The van der Waals surface area contributed by atoms with Crippen molar-refractivity contribution in [3.8, 4) is 11.6 Å². The summed E-state index contributed by atoms with van der Waals surface area (Å²) in [7, 11) is 1.91. The number of aryl methyl sites for hydroxylation is 1. The number of anilines is 1. The van der Waals surface area contributed by atoms with Gasteiger partial charge in [-0.25, -0.2) is 9.97 Å². The zero-order valence-corrected chi connectivity index (χ0v) is 10.9. The minimum absolute atomic E-state index is 0.421. The highest BCUT2D eigenvalue weighted by Gasteiger charge is 2.11. The van der Waals surface area contributed by atoms with Gasteiger partial charge in [-0.3, -0.25) is 0 Å². The van der Waals surface area contributed by atoms with E-state index in [0.29, 0.717) is 27.9 Å². The standard InChI is InChI=1S/C13H11ClN4O/c1-18-7-17-12-10(18)4-5-16-13(12)19-11-3-2-8(15)6-9(11)14/h2-7H,15H2,1H3. The van der Waals surface area contributed by atoms with Crippen LogP contribution in [-0.2, 0) is 7.05 Å². The number of halogens is 1. The fourth-order valence-electron chi connectivity index (χ4n) is 1.82. The quantitative estimate of drug-likeness (QED) is 0.730. The van der Waals surface area contributed by atoms with Crippen molar-refractivity contribution in [3.05, 3.63) is 41.8 Å². The molecule has 0 fully saturated rings. The van der Waals surface area contributed by atoms with Crippen LogP contribution in [0.25, 0.3) is 11.0 Å². The number of nitrogens with two attached hydrogens (primary N) is 1. The molecule has 5 nitrogen and oxygen atoms in total. The molecule has 6 heteroatoms. The zero-order valence-electron chi connectivity index (χ0n) is 10.2. The normalized spacial score (nSPS) is 10.8. The number of ether oxygens (including phenoxy) is 1. The molecule has 0 aliphatic rings. The smallest absolute Gasteiger partial charge is 0.247 e. The van der Waals surface area contributed by atoms with Gasteiger partial charge in [0.15, 0.2) is 5.52 Å². The van der Waals surface area contributed by atoms with E-state index in [1.165, 1.54) is 0 Å². The van der Waals surface area contributed by atoms with E-state index in [0.717, 1.165) is 5.52 Å². The van der Waals surface area contributed by atoms with Gasteiger partial charge >= 0.3 is 0 Å². The number of fused-ring (bicyclic) bond motifs is 1. The summed E-state index contributed by atoms with van der Waals surface area (Å²) >= 11 is 6.08. The molecule has 3 aromatic rings. The van der Waals surface area contributed by atoms with Crippen LogP contribution in [0.15, 0.2) is 36.8 Å². The summed E-state index contributed by atoms with van der Waals surface area (Å²) in [6.45, 7) is 0. The molecule has 0 unspecified atom stereocenters.